The van der Waals surface area contributed by atoms with Crippen LogP contribution in [0.3, 0.4) is 0 Å². The number of amides is 1. The monoisotopic (exact) mass is 640 g/mol. The van der Waals surface area contributed by atoms with Crippen molar-refractivity contribution in [2.45, 2.75) is 44.9 Å². The zero-order valence-electron chi connectivity index (χ0n) is 26.5. The molecule has 0 saturated heterocycles. The minimum atomic E-state index is -4.64. The van der Waals surface area contributed by atoms with Gasteiger partial charge < -0.3 is 31.2 Å². The highest BCUT2D eigenvalue weighted by Crippen LogP contribution is 2.39. The molecule has 1 fully saturated rings. The van der Waals surface area contributed by atoms with Gasteiger partial charge in [-0.2, -0.15) is 13.2 Å². The summed E-state index contributed by atoms with van der Waals surface area (Å²) in [6.07, 6.45) is 2.48. The van der Waals surface area contributed by atoms with E-state index in [1.165, 1.54) is 30.0 Å². The zero-order chi connectivity index (χ0) is 33.9. The van der Waals surface area contributed by atoms with E-state index in [0.717, 1.165) is 29.6 Å². The van der Waals surface area contributed by atoms with E-state index >= 15 is 0 Å². The second-order valence-electron chi connectivity index (χ2n) is 11.5. The molecule has 2 aromatic carbocycles. The molecule has 0 aliphatic heterocycles. The van der Waals surface area contributed by atoms with Crippen LogP contribution in [0.25, 0.3) is 0 Å². The van der Waals surface area contributed by atoms with Gasteiger partial charge >= 0.3 is 6.18 Å². The Morgan fingerprint density at radius 3 is 2.46 bits per heavy atom. The average molecular weight is 641 g/mol. The number of carbonyl (C=O) groups is 2. The van der Waals surface area contributed by atoms with Gasteiger partial charge in [0.2, 0.25) is 5.91 Å². The second-order valence-corrected chi connectivity index (χ2v) is 11.5. The maximum absolute atomic E-state index is 13.9. The summed E-state index contributed by atoms with van der Waals surface area (Å²) in [6, 6.07) is 11.5. The molecule has 4 rings (SSSR count). The lowest BCUT2D eigenvalue weighted by Gasteiger charge is -2.31. The molecule has 1 heterocycles. The molecular formula is C33H43F3N8O2. The molecule has 1 aliphatic carbocycles. The number of alkyl halides is 3. The summed E-state index contributed by atoms with van der Waals surface area (Å²) in [4.78, 5) is 26.8. The highest BCUT2D eigenvalue weighted by molar-refractivity contribution is 5.87. The van der Waals surface area contributed by atoms with Crippen LogP contribution in [0.15, 0.2) is 73.3 Å². The Morgan fingerprint density at radius 2 is 1.91 bits per heavy atom. The number of rotatable bonds is 13. The normalized spacial score (nSPS) is 16.1. The fourth-order valence-corrected chi connectivity index (χ4v) is 5.30. The fraction of sp³-hybridized carbons (Fsp3) is 0.394. The number of anilines is 1. The standard InChI is InChI=1S/C25H30F3N5O2.C8H13N3/c1-3-24(35)33(15-20(30)13-29)10-9-31-14-18-11-19(17-34)22(23(12-18)25(26,27)28)16-32(2)21-7-5-4-6-8-21;1-6-3-7(4-6)8-10-9-5-11(8)2/h3-8,11-13,17,31H,1,9-10,14-16,29-30H2,2H3;5-7H,3-4H2,1-2H3/b20-13-;. The molecule has 1 amide bonds. The van der Waals surface area contributed by atoms with Crippen LogP contribution in [0.1, 0.15) is 58.6 Å². The van der Waals surface area contributed by atoms with Gasteiger partial charge in [-0.05, 0) is 60.2 Å². The SMILES string of the molecule is C=CC(=O)N(CCNCc1cc(C=O)c(CN(C)c2ccccc2)c(C(F)(F)F)c1)C/C(N)=C/N.CC1CC(c2nncn2C)C1. The molecule has 248 valence electrons. The smallest absolute Gasteiger partial charge is 0.403 e. The third kappa shape index (κ3) is 9.93. The third-order valence-corrected chi connectivity index (χ3v) is 7.82. The molecule has 1 aliphatic rings. The second kappa shape index (κ2) is 16.6. The Morgan fingerprint density at radius 1 is 1.22 bits per heavy atom. The number of nitrogens with zero attached hydrogens (tertiary/aromatic N) is 5. The topological polar surface area (TPSA) is 135 Å². The molecule has 3 aromatic rings. The summed E-state index contributed by atoms with van der Waals surface area (Å²) in [5, 5.41) is 11.0. The van der Waals surface area contributed by atoms with Crippen LogP contribution in [0, 0.1) is 5.92 Å². The first-order chi connectivity index (χ1) is 21.9. The van der Waals surface area contributed by atoms with E-state index in [4.69, 9.17) is 11.5 Å². The number of halogens is 3. The number of nitrogens with two attached hydrogens (primary N) is 2. The summed E-state index contributed by atoms with van der Waals surface area (Å²) in [7, 11) is 3.68. The molecule has 1 aromatic heterocycles. The number of aromatic nitrogens is 3. The zero-order valence-corrected chi connectivity index (χ0v) is 26.5. The summed E-state index contributed by atoms with van der Waals surface area (Å²) >= 11 is 0. The van der Waals surface area contributed by atoms with Crippen molar-refractivity contribution in [3.63, 3.8) is 0 Å². The molecule has 46 heavy (non-hydrogen) atoms. The highest BCUT2D eigenvalue weighted by atomic mass is 19.4. The van der Waals surface area contributed by atoms with E-state index in [9.17, 15) is 22.8 Å². The van der Waals surface area contributed by atoms with Crippen LogP contribution >= 0.6 is 0 Å². The first kappa shape index (κ1) is 35.8. The number of hydrogen-bond donors (Lipinski definition) is 3. The van der Waals surface area contributed by atoms with Crippen molar-refractivity contribution < 1.29 is 22.8 Å². The minimum absolute atomic E-state index is 0.0243. The largest absolute Gasteiger partial charge is 0.416 e. The van der Waals surface area contributed by atoms with Crippen LogP contribution in [-0.2, 0) is 31.1 Å². The van der Waals surface area contributed by atoms with Gasteiger partial charge in [-0.3, -0.25) is 9.59 Å². The number of aryl methyl sites for hydroxylation is 1. The van der Waals surface area contributed by atoms with Crippen LogP contribution in [0.4, 0.5) is 18.9 Å². The average Bonchev–Trinajstić information content (AvgIpc) is 3.45. The molecule has 0 atom stereocenters. The molecule has 1 saturated carbocycles. The van der Waals surface area contributed by atoms with Gasteiger partial charge in [-0.25, -0.2) is 0 Å². The van der Waals surface area contributed by atoms with Crippen LogP contribution in [0.2, 0.25) is 0 Å². The van der Waals surface area contributed by atoms with Gasteiger partial charge in [-0.15, -0.1) is 10.2 Å². The van der Waals surface area contributed by atoms with Gasteiger partial charge in [0.05, 0.1) is 12.1 Å². The predicted molar refractivity (Wildman–Crippen MR) is 172 cm³/mol. The van der Waals surface area contributed by atoms with Crippen molar-refractivity contribution in [3.8, 4) is 0 Å². The lowest BCUT2D eigenvalue weighted by Crippen LogP contribution is -2.38. The van der Waals surface area contributed by atoms with Gasteiger partial charge in [0.1, 0.15) is 18.4 Å². The molecule has 0 unspecified atom stereocenters. The van der Waals surface area contributed by atoms with Crippen LogP contribution in [0.5, 0.6) is 0 Å². The Balaban J connectivity index is 0.000000434. The maximum Gasteiger partial charge on any atom is 0.416 e. The minimum Gasteiger partial charge on any atom is -0.403 e. The fourth-order valence-electron chi connectivity index (χ4n) is 5.30. The van der Waals surface area contributed by atoms with Crippen LogP contribution in [-0.4, -0.2) is 58.5 Å². The van der Waals surface area contributed by atoms with Crippen molar-refractivity contribution in [1.29, 1.82) is 0 Å². The molecule has 5 N–H and O–H groups in total. The number of hydrogen-bond acceptors (Lipinski definition) is 8. The summed E-state index contributed by atoms with van der Waals surface area (Å²) in [6.45, 7) is 6.30. The summed E-state index contributed by atoms with van der Waals surface area (Å²) < 4.78 is 43.8. The number of nitrogens with one attached hydrogen (secondary N) is 1. The quantitative estimate of drug-likeness (QED) is 0.143. The number of aldehydes is 1. The molecule has 0 spiro atoms. The Bertz CT molecular complexity index is 1480. The highest BCUT2D eigenvalue weighted by Gasteiger charge is 2.35. The maximum atomic E-state index is 13.9. The van der Waals surface area contributed by atoms with E-state index in [-0.39, 0.29) is 49.8 Å². The van der Waals surface area contributed by atoms with Gasteiger partial charge in [0.15, 0.2) is 0 Å². The lowest BCUT2D eigenvalue weighted by molar-refractivity contribution is -0.138. The van der Waals surface area contributed by atoms with E-state index < -0.39 is 11.7 Å². The lowest BCUT2D eigenvalue weighted by atomic mass is 9.76. The van der Waals surface area contributed by atoms with E-state index in [0.29, 0.717) is 23.5 Å². The van der Waals surface area contributed by atoms with Crippen LogP contribution < -0.4 is 21.7 Å². The van der Waals surface area contributed by atoms with Crippen molar-refractivity contribution in [1.82, 2.24) is 25.0 Å². The molecule has 0 bridgehead atoms. The van der Waals surface area contributed by atoms with Crippen molar-refractivity contribution in [2.75, 3.05) is 31.6 Å². The van der Waals surface area contributed by atoms with Gasteiger partial charge in [-0.1, -0.05) is 31.7 Å². The van der Waals surface area contributed by atoms with E-state index in [2.05, 4.69) is 29.0 Å². The Labute approximate surface area is 267 Å². The number of carbonyl (C=O) groups excluding carboxylic acids is 2. The van der Waals surface area contributed by atoms with E-state index in [1.54, 1.807) is 42.5 Å². The summed E-state index contributed by atoms with van der Waals surface area (Å²) in [5.74, 6) is 2.36. The van der Waals surface area contributed by atoms with Crippen molar-refractivity contribution >= 4 is 17.9 Å². The third-order valence-electron chi connectivity index (χ3n) is 7.82. The molecule has 0 radical (unpaired) electrons. The number of para-hydroxylation sites is 1. The Kier molecular flexibility index (Phi) is 12.9. The molecular weight excluding hydrogens is 597 g/mol. The summed E-state index contributed by atoms with van der Waals surface area (Å²) in [5.41, 5.74) is 11.4. The first-order valence-corrected chi connectivity index (χ1v) is 14.9. The van der Waals surface area contributed by atoms with Gasteiger partial charge in [0, 0.05) is 69.3 Å². The van der Waals surface area contributed by atoms with Crippen molar-refractivity contribution in [2.24, 2.45) is 24.4 Å². The Hall–Kier alpha value is -4.65. The predicted octanol–water partition coefficient (Wildman–Crippen LogP) is 4.35. The van der Waals surface area contributed by atoms with E-state index in [1.807, 2.05) is 17.7 Å². The number of benzene rings is 2. The van der Waals surface area contributed by atoms with Gasteiger partial charge in [0.25, 0.3) is 0 Å². The first-order valence-electron chi connectivity index (χ1n) is 14.9. The van der Waals surface area contributed by atoms with Crippen molar-refractivity contribution in [3.05, 3.63) is 101 Å². The molecule has 10 nitrogen and oxygen atoms in total. The molecule has 13 heteroatoms.